The van der Waals surface area contributed by atoms with Gasteiger partial charge in [0.25, 0.3) is 0 Å². The monoisotopic (exact) mass is 383 g/mol. The second kappa shape index (κ2) is 4.41. The average molecular weight is 383 g/mol. The summed E-state index contributed by atoms with van der Waals surface area (Å²) in [6.07, 6.45) is 4.13. The first-order chi connectivity index (χ1) is 4.29. The summed E-state index contributed by atoms with van der Waals surface area (Å²) in [6, 6.07) is 4.08. The van der Waals surface area contributed by atoms with Crippen molar-refractivity contribution in [2.45, 2.75) is 0 Å². The van der Waals surface area contributed by atoms with Crippen LogP contribution in [0.2, 0.25) is 0 Å². The highest BCUT2D eigenvalue weighted by molar-refractivity contribution is 14.3. The second-order valence-electron chi connectivity index (χ2n) is 1.33. The summed E-state index contributed by atoms with van der Waals surface area (Å²) in [5.41, 5.74) is 0. The van der Waals surface area contributed by atoms with Crippen molar-refractivity contribution < 1.29 is 0 Å². The van der Waals surface area contributed by atoms with E-state index in [1.807, 2.05) is 23.7 Å². The standard InChI is InChI=1S/C4H4I2NPS/c5-8(6)9-7-3-1-2-4-7/h1-4H. The molecular weight excluding hydrogens is 379 g/mol. The van der Waals surface area contributed by atoms with E-state index in [4.69, 9.17) is 0 Å². The molecule has 0 aliphatic carbocycles. The molecule has 1 rings (SSSR count). The van der Waals surface area contributed by atoms with E-state index < -0.39 is 0 Å². The molecule has 50 valence electrons. The Bertz CT molecular complexity index is 165. The third-order valence-electron chi connectivity index (χ3n) is 0.733. The third-order valence-corrected chi connectivity index (χ3v) is 5.40. The van der Waals surface area contributed by atoms with Gasteiger partial charge in [0.1, 0.15) is 2.41 Å². The van der Waals surface area contributed by atoms with Gasteiger partial charge in [-0.25, -0.2) is 0 Å². The Labute approximate surface area is 85.6 Å². The summed E-state index contributed by atoms with van der Waals surface area (Å²) in [5, 5.41) is 0. The molecule has 0 spiro atoms. The van der Waals surface area contributed by atoms with E-state index in [9.17, 15) is 0 Å². The SMILES string of the molecule is IP(I)Sn1cccc1. The molecule has 5 heteroatoms. The molecule has 0 aromatic carbocycles. The summed E-state index contributed by atoms with van der Waals surface area (Å²) >= 11 is 6.73. The van der Waals surface area contributed by atoms with E-state index in [-0.39, 0.29) is 2.41 Å². The van der Waals surface area contributed by atoms with E-state index in [1.165, 1.54) is 0 Å². The maximum atomic E-state index is 2.44. The van der Waals surface area contributed by atoms with Crippen molar-refractivity contribution in [3.63, 3.8) is 0 Å². The summed E-state index contributed by atoms with van der Waals surface area (Å²) in [5.74, 6) is 0. The zero-order valence-electron chi connectivity index (χ0n) is 4.37. The number of halogens is 2. The number of nitrogens with zero attached hydrogens (tertiary/aromatic N) is 1. The fourth-order valence-corrected chi connectivity index (χ4v) is 5.25. The lowest BCUT2D eigenvalue weighted by molar-refractivity contribution is 1.30. The Kier molecular flexibility index (Phi) is 4.22. The van der Waals surface area contributed by atoms with Gasteiger partial charge in [0.05, 0.1) is 0 Å². The Morgan fingerprint density at radius 3 is 2.22 bits per heavy atom. The van der Waals surface area contributed by atoms with Crippen LogP contribution in [0.25, 0.3) is 0 Å². The summed E-state index contributed by atoms with van der Waals surface area (Å²) in [6.45, 7) is 0. The number of hydrogen-bond acceptors (Lipinski definition) is 1. The minimum absolute atomic E-state index is 0.0686. The van der Waals surface area contributed by atoms with Crippen molar-refractivity contribution in [3.05, 3.63) is 24.5 Å². The molecule has 0 aliphatic heterocycles. The molecule has 1 aromatic heterocycles. The number of aromatic nitrogens is 1. The van der Waals surface area contributed by atoms with Crippen molar-refractivity contribution in [1.82, 2.24) is 3.97 Å². The number of hydrogen-bond donors (Lipinski definition) is 0. The van der Waals surface area contributed by atoms with Gasteiger partial charge in [-0.1, -0.05) is 0 Å². The van der Waals surface area contributed by atoms with Crippen molar-refractivity contribution in [2.75, 3.05) is 0 Å². The first kappa shape index (κ1) is 8.62. The Hall–Kier alpha value is 1.52. The zero-order valence-corrected chi connectivity index (χ0v) is 10.4. The molecule has 0 unspecified atom stereocenters. The van der Waals surface area contributed by atoms with Crippen LogP contribution in [0.4, 0.5) is 0 Å². The van der Waals surface area contributed by atoms with Crippen molar-refractivity contribution in [1.29, 1.82) is 0 Å². The molecule has 0 saturated carbocycles. The lowest BCUT2D eigenvalue weighted by Crippen LogP contribution is -1.70. The third kappa shape index (κ3) is 3.43. The first-order valence-electron chi connectivity index (χ1n) is 2.22. The predicted molar refractivity (Wildman–Crippen MR) is 62.4 cm³/mol. The molecule has 0 fully saturated rings. The smallest absolute Gasteiger partial charge is 0.106 e. The molecule has 1 nitrogen and oxygen atoms in total. The molecule has 0 radical (unpaired) electrons. The molecular formula is C4H4I2NPS. The number of rotatable bonds is 2. The minimum atomic E-state index is 0.0686. The summed E-state index contributed by atoms with van der Waals surface area (Å²) in [7, 11) is 0. The Morgan fingerprint density at radius 2 is 1.78 bits per heavy atom. The van der Waals surface area contributed by atoms with Gasteiger partial charge < -0.3 is 0 Å². The fraction of sp³-hybridized carbons (Fsp3) is 0. The largest absolute Gasteiger partial charge is 0.294 e. The van der Waals surface area contributed by atoms with Gasteiger partial charge in [-0.3, -0.25) is 3.97 Å². The van der Waals surface area contributed by atoms with Crippen molar-refractivity contribution >= 4 is 58.1 Å². The highest BCUT2D eigenvalue weighted by Gasteiger charge is 1.96. The van der Waals surface area contributed by atoms with Gasteiger partial charge in [-0.2, -0.15) is 0 Å². The van der Waals surface area contributed by atoms with Gasteiger partial charge in [0, 0.05) is 24.0 Å². The minimum Gasteiger partial charge on any atom is -0.294 e. The van der Waals surface area contributed by atoms with Crippen LogP contribution < -0.4 is 0 Å². The maximum absolute atomic E-state index is 2.44. The van der Waals surface area contributed by atoms with Crippen molar-refractivity contribution in [3.8, 4) is 0 Å². The second-order valence-corrected chi connectivity index (χ2v) is 19.2. The average Bonchev–Trinajstić information content (AvgIpc) is 2.15. The van der Waals surface area contributed by atoms with E-state index in [0.717, 1.165) is 0 Å². The van der Waals surface area contributed by atoms with Gasteiger partial charge in [-0.05, 0) is 56.2 Å². The Morgan fingerprint density at radius 1 is 1.22 bits per heavy atom. The lowest BCUT2D eigenvalue weighted by atomic mass is 10.7. The first-order valence-corrected chi connectivity index (χ1v) is 10.5. The molecule has 1 heterocycles. The Balaban J connectivity index is 2.48. The highest BCUT2D eigenvalue weighted by atomic mass is 127. The van der Waals surface area contributed by atoms with Crippen LogP contribution in [0.3, 0.4) is 0 Å². The highest BCUT2D eigenvalue weighted by Crippen LogP contribution is 2.64. The van der Waals surface area contributed by atoms with Crippen LogP contribution in [0.5, 0.6) is 0 Å². The van der Waals surface area contributed by atoms with Crippen LogP contribution in [0.15, 0.2) is 24.5 Å². The van der Waals surface area contributed by atoms with Gasteiger partial charge in [-0.15, -0.1) is 0 Å². The quantitative estimate of drug-likeness (QED) is 0.551. The van der Waals surface area contributed by atoms with Crippen LogP contribution in [-0.2, 0) is 0 Å². The van der Waals surface area contributed by atoms with Crippen LogP contribution in [0, 0.1) is 0 Å². The summed E-state index contributed by atoms with van der Waals surface area (Å²) in [4.78, 5) is 0. The zero-order chi connectivity index (χ0) is 6.69. The molecule has 0 bridgehead atoms. The molecule has 9 heavy (non-hydrogen) atoms. The van der Waals surface area contributed by atoms with Crippen LogP contribution >= 0.6 is 58.1 Å². The van der Waals surface area contributed by atoms with E-state index in [1.54, 1.807) is 0 Å². The van der Waals surface area contributed by atoms with E-state index >= 15 is 0 Å². The maximum Gasteiger partial charge on any atom is 0.106 e. The molecule has 0 aliphatic rings. The normalized spacial score (nSPS) is 10.6. The summed E-state index contributed by atoms with van der Waals surface area (Å²) < 4.78 is 2.20. The lowest BCUT2D eigenvalue weighted by Gasteiger charge is -1.99. The van der Waals surface area contributed by atoms with Gasteiger partial charge >= 0.3 is 0 Å². The predicted octanol–water partition coefficient (Wildman–Crippen LogP) is 4.08. The van der Waals surface area contributed by atoms with Crippen LogP contribution in [0.1, 0.15) is 0 Å². The van der Waals surface area contributed by atoms with Crippen molar-refractivity contribution in [2.24, 2.45) is 0 Å². The fourth-order valence-electron chi connectivity index (χ4n) is 0.444. The van der Waals surface area contributed by atoms with E-state index in [0.29, 0.717) is 0 Å². The van der Waals surface area contributed by atoms with E-state index in [2.05, 4.69) is 60.4 Å². The molecule has 1 aromatic rings. The van der Waals surface area contributed by atoms with Gasteiger partial charge in [0.15, 0.2) is 0 Å². The van der Waals surface area contributed by atoms with Gasteiger partial charge in [0.2, 0.25) is 0 Å². The topological polar surface area (TPSA) is 4.93 Å². The molecule has 0 atom stereocenters. The van der Waals surface area contributed by atoms with Crippen LogP contribution in [-0.4, -0.2) is 3.97 Å². The molecule has 0 N–H and O–H groups in total. The molecule has 0 saturated heterocycles. The molecule has 0 amide bonds.